The van der Waals surface area contributed by atoms with Crippen LogP contribution in [0.15, 0.2) is 4.99 Å². The van der Waals surface area contributed by atoms with Crippen molar-refractivity contribution in [1.82, 2.24) is 10.6 Å². The molecule has 0 radical (unpaired) electrons. The zero-order chi connectivity index (χ0) is 12.9. The Morgan fingerprint density at radius 2 is 1.94 bits per heavy atom. The number of halogens is 1. The number of aliphatic imine (C=N–C) groups is 1. The number of rotatable bonds is 8. The Kier molecular flexibility index (Phi) is 16.0. The molecule has 0 atom stereocenters. The first kappa shape index (κ1) is 19.8. The van der Waals surface area contributed by atoms with Crippen LogP contribution in [0, 0.1) is 0 Å². The van der Waals surface area contributed by atoms with Crippen molar-refractivity contribution in [3.05, 3.63) is 0 Å². The molecule has 6 heteroatoms. The summed E-state index contributed by atoms with van der Waals surface area (Å²) >= 11 is 0. The van der Waals surface area contributed by atoms with Crippen molar-refractivity contribution in [1.29, 1.82) is 0 Å². The number of guanidine groups is 1. The van der Waals surface area contributed by atoms with E-state index in [0.29, 0.717) is 13.0 Å². The minimum Gasteiger partial charge on any atom is -0.469 e. The first-order valence-corrected chi connectivity index (χ1v) is 6.33. The van der Waals surface area contributed by atoms with Crippen LogP contribution in [-0.2, 0) is 9.53 Å². The van der Waals surface area contributed by atoms with E-state index in [1.807, 2.05) is 6.92 Å². The van der Waals surface area contributed by atoms with Crippen LogP contribution in [0.25, 0.3) is 0 Å². The molecule has 0 rings (SSSR count). The summed E-state index contributed by atoms with van der Waals surface area (Å²) in [6, 6.07) is 0. The number of carbonyl (C=O) groups is 1. The van der Waals surface area contributed by atoms with Crippen LogP contribution in [0.5, 0.6) is 0 Å². The van der Waals surface area contributed by atoms with Crippen molar-refractivity contribution < 1.29 is 9.53 Å². The second kappa shape index (κ2) is 14.5. The molecular weight excluding hydrogens is 345 g/mol. The van der Waals surface area contributed by atoms with Gasteiger partial charge in [0, 0.05) is 19.6 Å². The highest BCUT2D eigenvalue weighted by Gasteiger charge is 2.01. The van der Waals surface area contributed by atoms with Gasteiger partial charge in [0.1, 0.15) is 0 Å². The number of methoxy groups -OCH3 is 1. The molecule has 0 aliphatic rings. The zero-order valence-corrected chi connectivity index (χ0v) is 14.0. The lowest BCUT2D eigenvalue weighted by Crippen LogP contribution is -2.38. The Morgan fingerprint density at radius 1 is 1.22 bits per heavy atom. The highest BCUT2D eigenvalue weighted by molar-refractivity contribution is 14.0. The van der Waals surface area contributed by atoms with Crippen LogP contribution in [0.4, 0.5) is 0 Å². The molecular formula is C12H26IN3O2. The van der Waals surface area contributed by atoms with Crippen LogP contribution in [-0.4, -0.2) is 38.7 Å². The highest BCUT2D eigenvalue weighted by Crippen LogP contribution is 1.93. The fraction of sp³-hybridized carbons (Fsp3) is 0.833. The molecule has 0 saturated heterocycles. The maximum absolute atomic E-state index is 10.9. The van der Waals surface area contributed by atoms with Gasteiger partial charge in [0.25, 0.3) is 0 Å². The maximum atomic E-state index is 10.9. The van der Waals surface area contributed by atoms with Crippen molar-refractivity contribution in [3.8, 4) is 0 Å². The summed E-state index contributed by atoms with van der Waals surface area (Å²) in [6.45, 7) is 6.37. The number of ether oxygens (including phenoxy) is 1. The van der Waals surface area contributed by atoms with Crippen molar-refractivity contribution in [2.24, 2.45) is 4.99 Å². The summed E-state index contributed by atoms with van der Waals surface area (Å²) in [6.07, 6.45) is 3.85. The van der Waals surface area contributed by atoms with E-state index in [9.17, 15) is 4.79 Å². The minimum absolute atomic E-state index is 0. The lowest BCUT2D eigenvalue weighted by atomic mass is 10.2. The van der Waals surface area contributed by atoms with Gasteiger partial charge >= 0.3 is 5.97 Å². The van der Waals surface area contributed by atoms with E-state index in [-0.39, 0.29) is 29.9 Å². The summed E-state index contributed by atoms with van der Waals surface area (Å²) in [7, 11) is 1.40. The van der Waals surface area contributed by atoms with Crippen molar-refractivity contribution >= 4 is 35.9 Å². The van der Waals surface area contributed by atoms with E-state index in [0.717, 1.165) is 25.5 Å². The van der Waals surface area contributed by atoms with E-state index < -0.39 is 0 Å². The Labute approximate surface area is 127 Å². The van der Waals surface area contributed by atoms with Gasteiger partial charge in [0.05, 0.1) is 13.5 Å². The first-order valence-electron chi connectivity index (χ1n) is 6.33. The van der Waals surface area contributed by atoms with Gasteiger partial charge < -0.3 is 15.4 Å². The van der Waals surface area contributed by atoms with Crippen molar-refractivity contribution in [2.75, 3.05) is 26.7 Å². The number of nitrogens with one attached hydrogen (secondary N) is 2. The normalized spacial score (nSPS) is 10.5. The Balaban J connectivity index is 0. The molecule has 0 heterocycles. The Hall–Kier alpha value is -0.530. The second-order valence-corrected chi connectivity index (χ2v) is 3.72. The molecule has 0 fully saturated rings. The molecule has 0 aromatic heterocycles. The average Bonchev–Trinajstić information content (AvgIpc) is 2.34. The molecule has 0 spiro atoms. The van der Waals surface area contributed by atoms with Gasteiger partial charge in [-0.3, -0.25) is 9.79 Å². The van der Waals surface area contributed by atoms with Gasteiger partial charge in [0.15, 0.2) is 5.96 Å². The lowest BCUT2D eigenvalue weighted by molar-refractivity contribution is -0.140. The molecule has 0 aliphatic carbocycles. The van der Waals surface area contributed by atoms with Crippen LogP contribution in [0.3, 0.4) is 0 Å². The van der Waals surface area contributed by atoms with Gasteiger partial charge in [-0.05, 0) is 13.3 Å². The maximum Gasteiger partial charge on any atom is 0.307 e. The molecule has 5 nitrogen and oxygen atoms in total. The predicted molar refractivity (Wildman–Crippen MR) is 85.6 cm³/mol. The largest absolute Gasteiger partial charge is 0.469 e. The molecule has 108 valence electrons. The number of esters is 1. The van der Waals surface area contributed by atoms with E-state index in [1.54, 1.807) is 0 Å². The highest BCUT2D eigenvalue weighted by atomic mass is 127. The predicted octanol–water partition coefficient (Wildman–Crippen LogP) is 1.91. The van der Waals surface area contributed by atoms with Gasteiger partial charge in [-0.1, -0.05) is 19.8 Å². The molecule has 2 N–H and O–H groups in total. The molecule has 0 unspecified atom stereocenters. The third-order valence-corrected chi connectivity index (χ3v) is 2.23. The zero-order valence-electron chi connectivity index (χ0n) is 11.6. The Morgan fingerprint density at radius 3 is 2.50 bits per heavy atom. The van der Waals surface area contributed by atoms with Crippen LogP contribution < -0.4 is 10.6 Å². The molecule has 0 amide bonds. The summed E-state index contributed by atoms with van der Waals surface area (Å²) < 4.78 is 4.57. The number of unbranched alkanes of at least 4 members (excludes halogenated alkanes) is 2. The monoisotopic (exact) mass is 371 g/mol. The summed E-state index contributed by atoms with van der Waals surface area (Å²) in [4.78, 5) is 15.3. The standard InChI is InChI=1S/C12H25N3O2.HI/c1-4-6-7-9-14-12(13-5-2)15-10-8-11(16)17-3;/h4-10H2,1-3H3,(H2,13,14,15);1H. The van der Waals surface area contributed by atoms with Crippen molar-refractivity contribution in [3.63, 3.8) is 0 Å². The van der Waals surface area contributed by atoms with E-state index in [4.69, 9.17) is 0 Å². The lowest BCUT2D eigenvalue weighted by Gasteiger charge is -2.10. The number of nitrogens with zero attached hydrogens (tertiary/aromatic N) is 1. The van der Waals surface area contributed by atoms with E-state index in [1.165, 1.54) is 20.0 Å². The summed E-state index contributed by atoms with van der Waals surface area (Å²) in [5.74, 6) is 0.562. The Bertz CT molecular complexity index is 235. The van der Waals surface area contributed by atoms with Crippen LogP contribution >= 0.6 is 24.0 Å². The number of hydrogen-bond acceptors (Lipinski definition) is 3. The third-order valence-electron chi connectivity index (χ3n) is 2.23. The molecule has 0 bridgehead atoms. The third kappa shape index (κ3) is 11.9. The molecule has 0 saturated carbocycles. The average molecular weight is 371 g/mol. The van der Waals surface area contributed by atoms with Gasteiger partial charge in [-0.25, -0.2) is 0 Å². The van der Waals surface area contributed by atoms with Crippen molar-refractivity contribution in [2.45, 2.75) is 39.5 Å². The number of carbonyl (C=O) groups excluding carboxylic acids is 1. The fourth-order valence-electron chi connectivity index (χ4n) is 1.28. The van der Waals surface area contributed by atoms with Gasteiger partial charge in [-0.2, -0.15) is 0 Å². The summed E-state index contributed by atoms with van der Waals surface area (Å²) in [5.41, 5.74) is 0. The summed E-state index contributed by atoms with van der Waals surface area (Å²) in [5, 5.41) is 6.24. The first-order chi connectivity index (χ1) is 8.24. The second-order valence-electron chi connectivity index (χ2n) is 3.72. The number of hydrogen-bond donors (Lipinski definition) is 2. The van der Waals surface area contributed by atoms with Gasteiger partial charge in [0.2, 0.25) is 0 Å². The smallest absolute Gasteiger partial charge is 0.307 e. The molecule has 0 aromatic carbocycles. The fourth-order valence-corrected chi connectivity index (χ4v) is 1.28. The van der Waals surface area contributed by atoms with Crippen LogP contribution in [0.2, 0.25) is 0 Å². The minimum atomic E-state index is -0.209. The van der Waals surface area contributed by atoms with E-state index in [2.05, 4.69) is 27.3 Å². The molecule has 18 heavy (non-hydrogen) atoms. The quantitative estimate of drug-likeness (QED) is 0.225. The molecule has 0 aromatic rings. The topological polar surface area (TPSA) is 62.7 Å². The molecule has 0 aliphatic heterocycles. The van der Waals surface area contributed by atoms with Gasteiger partial charge in [-0.15, -0.1) is 24.0 Å². The van der Waals surface area contributed by atoms with E-state index >= 15 is 0 Å². The van der Waals surface area contributed by atoms with Crippen LogP contribution in [0.1, 0.15) is 39.5 Å². The SMILES string of the molecule is CCCCCN=C(NCC)NCCC(=O)OC.I.